The summed E-state index contributed by atoms with van der Waals surface area (Å²) < 4.78 is 2.15. The van der Waals surface area contributed by atoms with Gasteiger partial charge in [-0.2, -0.15) is 0 Å². The van der Waals surface area contributed by atoms with Crippen molar-refractivity contribution < 1.29 is 5.11 Å². The van der Waals surface area contributed by atoms with Crippen LogP contribution in [0.1, 0.15) is 31.4 Å². The predicted molar refractivity (Wildman–Crippen MR) is 66.7 cm³/mol. The van der Waals surface area contributed by atoms with Crippen LogP contribution in [-0.4, -0.2) is 5.11 Å². The second-order valence-electron chi connectivity index (χ2n) is 2.97. The van der Waals surface area contributed by atoms with Gasteiger partial charge < -0.3 is 5.11 Å². The molecule has 3 heteroatoms. The van der Waals surface area contributed by atoms with E-state index in [1.165, 1.54) is 0 Å². The zero-order valence-electron chi connectivity index (χ0n) is 7.43. The molecule has 1 unspecified atom stereocenters. The van der Waals surface area contributed by atoms with Gasteiger partial charge in [0.2, 0.25) is 0 Å². The Hall–Kier alpha value is 0.390. The molecule has 0 aromatic heterocycles. The van der Waals surface area contributed by atoms with E-state index in [9.17, 15) is 5.11 Å². The molecular formula is C10H12BrIO. The van der Waals surface area contributed by atoms with Gasteiger partial charge in [-0.25, -0.2) is 0 Å². The molecule has 0 aliphatic heterocycles. The highest BCUT2D eigenvalue weighted by Gasteiger charge is 2.10. The topological polar surface area (TPSA) is 20.2 Å². The van der Waals surface area contributed by atoms with Crippen molar-refractivity contribution in [2.24, 2.45) is 0 Å². The molecule has 1 aromatic carbocycles. The standard InChI is InChI=1S/C10H12BrIO/c1-2-3-10(13)8-6-7(11)4-5-9(8)12/h4-6,10,13H,2-3H2,1H3. The molecule has 1 aromatic rings. The van der Waals surface area contributed by atoms with E-state index < -0.39 is 0 Å². The van der Waals surface area contributed by atoms with Gasteiger partial charge in [-0.15, -0.1) is 0 Å². The van der Waals surface area contributed by atoms with Gasteiger partial charge in [-0.3, -0.25) is 0 Å². The summed E-state index contributed by atoms with van der Waals surface area (Å²) in [5, 5.41) is 9.80. The summed E-state index contributed by atoms with van der Waals surface area (Å²) in [5.41, 5.74) is 1.02. The van der Waals surface area contributed by atoms with Crippen LogP contribution in [0.4, 0.5) is 0 Å². The van der Waals surface area contributed by atoms with E-state index in [4.69, 9.17) is 0 Å². The van der Waals surface area contributed by atoms with Gasteiger partial charge in [-0.1, -0.05) is 29.3 Å². The smallest absolute Gasteiger partial charge is 0.0800 e. The van der Waals surface area contributed by atoms with E-state index in [2.05, 4.69) is 45.4 Å². The first-order chi connectivity index (χ1) is 6.15. The lowest BCUT2D eigenvalue weighted by molar-refractivity contribution is 0.165. The van der Waals surface area contributed by atoms with Gasteiger partial charge in [0, 0.05) is 8.04 Å². The Bertz CT molecular complexity index is 288. The Kier molecular flexibility index (Phi) is 4.69. The molecule has 0 aliphatic rings. The first-order valence-electron chi connectivity index (χ1n) is 4.28. The third-order valence-corrected chi connectivity index (χ3v) is 3.35. The first-order valence-corrected chi connectivity index (χ1v) is 6.15. The molecule has 1 atom stereocenters. The minimum Gasteiger partial charge on any atom is -0.388 e. The molecule has 0 aliphatic carbocycles. The third kappa shape index (κ3) is 3.22. The Morgan fingerprint density at radius 2 is 2.23 bits per heavy atom. The third-order valence-electron chi connectivity index (χ3n) is 1.88. The van der Waals surface area contributed by atoms with E-state index in [0.29, 0.717) is 0 Å². The lowest BCUT2D eigenvalue weighted by atomic mass is 10.1. The van der Waals surface area contributed by atoms with E-state index >= 15 is 0 Å². The second-order valence-corrected chi connectivity index (χ2v) is 5.05. The van der Waals surface area contributed by atoms with Gasteiger partial charge in [-0.05, 0) is 52.8 Å². The van der Waals surface area contributed by atoms with Crippen molar-refractivity contribution in [2.45, 2.75) is 25.9 Å². The van der Waals surface area contributed by atoms with Gasteiger partial charge in [0.25, 0.3) is 0 Å². The van der Waals surface area contributed by atoms with E-state index in [0.717, 1.165) is 26.4 Å². The van der Waals surface area contributed by atoms with Gasteiger partial charge in [0.15, 0.2) is 0 Å². The quantitative estimate of drug-likeness (QED) is 0.816. The molecule has 1 nitrogen and oxygen atoms in total. The molecule has 0 radical (unpaired) electrons. The van der Waals surface area contributed by atoms with Crippen LogP contribution < -0.4 is 0 Å². The Labute approximate surface area is 101 Å². The number of rotatable bonds is 3. The number of aliphatic hydroxyl groups excluding tert-OH is 1. The van der Waals surface area contributed by atoms with Crippen molar-refractivity contribution >= 4 is 38.5 Å². The largest absolute Gasteiger partial charge is 0.388 e. The maximum atomic E-state index is 9.80. The average Bonchev–Trinajstić information content (AvgIpc) is 2.09. The van der Waals surface area contributed by atoms with Crippen LogP contribution in [-0.2, 0) is 0 Å². The number of aliphatic hydroxyl groups is 1. The van der Waals surface area contributed by atoms with Crippen LogP contribution in [0, 0.1) is 3.57 Å². The molecule has 1 N–H and O–H groups in total. The van der Waals surface area contributed by atoms with Crippen molar-refractivity contribution in [3.63, 3.8) is 0 Å². The first kappa shape index (κ1) is 11.5. The van der Waals surface area contributed by atoms with Crippen molar-refractivity contribution in [2.75, 3.05) is 0 Å². The molecule has 0 saturated heterocycles. The molecule has 0 heterocycles. The summed E-state index contributed by atoms with van der Waals surface area (Å²) in [6.45, 7) is 2.08. The lowest BCUT2D eigenvalue weighted by Gasteiger charge is -2.11. The van der Waals surface area contributed by atoms with Crippen LogP contribution in [0.25, 0.3) is 0 Å². The average molecular weight is 355 g/mol. The van der Waals surface area contributed by atoms with Crippen molar-refractivity contribution in [1.82, 2.24) is 0 Å². The number of hydrogen-bond donors (Lipinski definition) is 1. The summed E-state index contributed by atoms with van der Waals surface area (Å²) in [7, 11) is 0. The molecule has 72 valence electrons. The van der Waals surface area contributed by atoms with E-state index in [1.54, 1.807) is 0 Å². The normalized spacial score (nSPS) is 12.9. The molecule has 0 fully saturated rings. The second kappa shape index (κ2) is 5.32. The number of hydrogen-bond acceptors (Lipinski definition) is 1. The minimum atomic E-state index is -0.325. The number of benzene rings is 1. The summed E-state index contributed by atoms with van der Waals surface area (Å²) >= 11 is 5.65. The lowest BCUT2D eigenvalue weighted by Crippen LogP contribution is -1.99. The fourth-order valence-electron chi connectivity index (χ4n) is 1.20. The van der Waals surface area contributed by atoms with Gasteiger partial charge in [0.1, 0.15) is 0 Å². The zero-order valence-corrected chi connectivity index (χ0v) is 11.2. The van der Waals surface area contributed by atoms with E-state index in [1.807, 2.05) is 18.2 Å². The van der Waals surface area contributed by atoms with Crippen LogP contribution in [0.5, 0.6) is 0 Å². The maximum Gasteiger partial charge on any atom is 0.0800 e. The monoisotopic (exact) mass is 354 g/mol. The molecular weight excluding hydrogens is 343 g/mol. The predicted octanol–water partition coefficient (Wildman–Crippen LogP) is 3.89. The van der Waals surface area contributed by atoms with Crippen molar-refractivity contribution in [1.29, 1.82) is 0 Å². The maximum absolute atomic E-state index is 9.80. The van der Waals surface area contributed by atoms with Crippen LogP contribution >= 0.6 is 38.5 Å². The Morgan fingerprint density at radius 1 is 1.54 bits per heavy atom. The molecule has 1 rings (SSSR count). The van der Waals surface area contributed by atoms with Crippen molar-refractivity contribution in [3.05, 3.63) is 31.8 Å². The summed E-state index contributed by atoms with van der Waals surface area (Å²) in [6.07, 6.45) is 1.50. The van der Waals surface area contributed by atoms with Crippen molar-refractivity contribution in [3.8, 4) is 0 Å². The van der Waals surface area contributed by atoms with Gasteiger partial charge in [0.05, 0.1) is 6.10 Å². The fraction of sp³-hybridized carbons (Fsp3) is 0.400. The van der Waals surface area contributed by atoms with Crippen LogP contribution in [0.3, 0.4) is 0 Å². The van der Waals surface area contributed by atoms with Crippen LogP contribution in [0.2, 0.25) is 0 Å². The highest BCUT2D eigenvalue weighted by molar-refractivity contribution is 14.1. The number of halogens is 2. The molecule has 0 saturated carbocycles. The van der Waals surface area contributed by atoms with E-state index in [-0.39, 0.29) is 6.10 Å². The Balaban J connectivity index is 2.91. The summed E-state index contributed by atoms with van der Waals surface area (Å²) in [4.78, 5) is 0. The molecule has 0 amide bonds. The van der Waals surface area contributed by atoms with Gasteiger partial charge >= 0.3 is 0 Å². The van der Waals surface area contributed by atoms with Crippen LogP contribution in [0.15, 0.2) is 22.7 Å². The fourth-order valence-corrected chi connectivity index (χ4v) is 2.27. The highest BCUT2D eigenvalue weighted by Crippen LogP contribution is 2.26. The Morgan fingerprint density at radius 3 is 2.85 bits per heavy atom. The molecule has 0 spiro atoms. The summed E-state index contributed by atoms with van der Waals surface area (Å²) in [6, 6.07) is 5.99. The molecule has 13 heavy (non-hydrogen) atoms. The highest BCUT2D eigenvalue weighted by atomic mass is 127. The minimum absolute atomic E-state index is 0.325. The zero-order chi connectivity index (χ0) is 9.84. The molecule has 0 bridgehead atoms. The SMILES string of the molecule is CCCC(O)c1cc(Br)ccc1I. The summed E-state index contributed by atoms with van der Waals surface area (Å²) in [5.74, 6) is 0.